The number of fused-ring (bicyclic) bond motifs is 1. The molecule has 1 nitrogen and oxygen atoms in total. The molecule has 1 saturated carbocycles. The van der Waals surface area contributed by atoms with Crippen LogP contribution in [0.4, 0.5) is 5.69 Å². The van der Waals surface area contributed by atoms with Crippen LogP contribution in [0.15, 0.2) is 18.2 Å². The summed E-state index contributed by atoms with van der Waals surface area (Å²) in [6.07, 6.45) is 12.7. The molecule has 2 aliphatic rings. The van der Waals surface area contributed by atoms with E-state index in [2.05, 4.69) is 30.1 Å². The lowest BCUT2D eigenvalue weighted by atomic mass is 9.81. The molecule has 1 fully saturated rings. The Morgan fingerprint density at radius 3 is 2.47 bits per heavy atom. The first kappa shape index (κ1) is 13.0. The third-order valence-corrected chi connectivity index (χ3v) is 5.06. The lowest BCUT2D eigenvalue weighted by Gasteiger charge is -2.31. The molecule has 0 unspecified atom stereocenters. The van der Waals surface area contributed by atoms with Crippen LogP contribution in [0.5, 0.6) is 0 Å². The van der Waals surface area contributed by atoms with E-state index in [1.165, 1.54) is 70.0 Å². The van der Waals surface area contributed by atoms with Gasteiger partial charge in [-0.15, -0.1) is 0 Å². The van der Waals surface area contributed by atoms with Crippen molar-refractivity contribution in [1.82, 2.24) is 0 Å². The number of nitrogens with zero attached hydrogens (tertiary/aromatic N) is 1. The molecule has 1 aromatic carbocycles. The van der Waals surface area contributed by atoms with Crippen molar-refractivity contribution in [2.24, 2.45) is 0 Å². The van der Waals surface area contributed by atoms with Crippen molar-refractivity contribution in [2.75, 3.05) is 18.5 Å². The fourth-order valence-corrected chi connectivity index (χ4v) is 3.99. The van der Waals surface area contributed by atoms with E-state index in [1.54, 1.807) is 11.1 Å². The fraction of sp³-hybridized carbons (Fsp3) is 0.667. The lowest BCUT2D eigenvalue weighted by Crippen LogP contribution is -2.25. The number of rotatable bonds is 1. The minimum Gasteiger partial charge on any atom is -0.374 e. The summed E-state index contributed by atoms with van der Waals surface area (Å²) in [6.45, 7) is 1.22. The highest BCUT2D eigenvalue weighted by atomic mass is 15.1. The van der Waals surface area contributed by atoms with E-state index in [4.69, 9.17) is 0 Å². The smallest absolute Gasteiger partial charge is 0.0399 e. The molecule has 0 bridgehead atoms. The first-order valence-electron chi connectivity index (χ1n) is 8.19. The average molecular weight is 257 g/mol. The quantitative estimate of drug-likeness (QED) is 0.692. The molecule has 0 saturated heterocycles. The summed E-state index contributed by atoms with van der Waals surface area (Å²) in [4.78, 5) is 2.45. The van der Waals surface area contributed by atoms with Crippen molar-refractivity contribution in [3.63, 3.8) is 0 Å². The molecule has 0 atom stereocenters. The van der Waals surface area contributed by atoms with Crippen molar-refractivity contribution in [2.45, 2.75) is 63.7 Å². The van der Waals surface area contributed by atoms with E-state index in [0.29, 0.717) is 0 Å². The van der Waals surface area contributed by atoms with Gasteiger partial charge in [0.1, 0.15) is 0 Å². The van der Waals surface area contributed by atoms with Crippen molar-refractivity contribution < 1.29 is 0 Å². The summed E-state index contributed by atoms with van der Waals surface area (Å²) in [6, 6.07) is 7.03. The van der Waals surface area contributed by atoms with Gasteiger partial charge in [-0.1, -0.05) is 44.2 Å². The second kappa shape index (κ2) is 5.98. The Labute approximate surface area is 118 Å². The molecular formula is C18H27N. The zero-order chi connectivity index (χ0) is 13.1. The summed E-state index contributed by atoms with van der Waals surface area (Å²) in [7, 11) is 2.25. The minimum atomic E-state index is 0.835. The maximum absolute atomic E-state index is 2.45. The van der Waals surface area contributed by atoms with Crippen LogP contribution in [0.25, 0.3) is 0 Å². The highest BCUT2D eigenvalue weighted by Gasteiger charge is 2.21. The first-order chi connectivity index (χ1) is 9.36. The van der Waals surface area contributed by atoms with Crippen LogP contribution >= 0.6 is 0 Å². The minimum absolute atomic E-state index is 0.835. The van der Waals surface area contributed by atoms with Gasteiger partial charge in [0.2, 0.25) is 0 Å². The molecule has 1 heterocycles. The van der Waals surface area contributed by atoms with Crippen LogP contribution in [-0.2, 0) is 6.42 Å². The van der Waals surface area contributed by atoms with E-state index in [9.17, 15) is 0 Å². The number of hydrogen-bond donors (Lipinski definition) is 0. The Hall–Kier alpha value is -0.980. The van der Waals surface area contributed by atoms with E-state index in [1.807, 2.05) is 0 Å². The summed E-state index contributed by atoms with van der Waals surface area (Å²) >= 11 is 0. The Kier molecular flexibility index (Phi) is 4.10. The SMILES string of the molecule is CN1CCCc2c(C3CCCCCCC3)cccc21. The molecule has 0 N–H and O–H groups in total. The molecule has 0 amide bonds. The van der Waals surface area contributed by atoms with Gasteiger partial charge in [-0.05, 0) is 48.8 Å². The zero-order valence-electron chi connectivity index (χ0n) is 12.3. The number of benzene rings is 1. The van der Waals surface area contributed by atoms with Gasteiger partial charge in [0.05, 0.1) is 0 Å². The predicted octanol–water partition coefficient (Wildman–Crippen LogP) is 4.90. The lowest BCUT2D eigenvalue weighted by molar-refractivity contribution is 0.453. The van der Waals surface area contributed by atoms with Gasteiger partial charge in [-0.2, -0.15) is 0 Å². The molecule has 0 aromatic heterocycles. The highest BCUT2D eigenvalue weighted by molar-refractivity contribution is 5.58. The third kappa shape index (κ3) is 2.80. The molecule has 3 rings (SSSR count). The van der Waals surface area contributed by atoms with Gasteiger partial charge in [-0.25, -0.2) is 0 Å². The van der Waals surface area contributed by atoms with E-state index in [-0.39, 0.29) is 0 Å². The monoisotopic (exact) mass is 257 g/mol. The number of anilines is 1. The second-order valence-electron chi connectivity index (χ2n) is 6.41. The number of hydrogen-bond acceptors (Lipinski definition) is 1. The zero-order valence-corrected chi connectivity index (χ0v) is 12.3. The molecule has 1 aliphatic carbocycles. The Morgan fingerprint density at radius 2 is 1.68 bits per heavy atom. The normalized spacial score (nSPS) is 21.6. The predicted molar refractivity (Wildman–Crippen MR) is 83.1 cm³/mol. The van der Waals surface area contributed by atoms with Crippen LogP contribution in [-0.4, -0.2) is 13.6 Å². The van der Waals surface area contributed by atoms with Gasteiger partial charge in [-0.3, -0.25) is 0 Å². The van der Waals surface area contributed by atoms with E-state index >= 15 is 0 Å². The molecular weight excluding hydrogens is 230 g/mol. The van der Waals surface area contributed by atoms with Gasteiger partial charge >= 0.3 is 0 Å². The largest absolute Gasteiger partial charge is 0.374 e. The molecule has 104 valence electrons. The van der Waals surface area contributed by atoms with Crippen molar-refractivity contribution in [3.8, 4) is 0 Å². The van der Waals surface area contributed by atoms with E-state index < -0.39 is 0 Å². The Bertz CT molecular complexity index is 416. The third-order valence-electron chi connectivity index (χ3n) is 5.06. The molecule has 1 aromatic rings. The summed E-state index contributed by atoms with van der Waals surface area (Å²) in [5, 5.41) is 0. The van der Waals surface area contributed by atoms with E-state index in [0.717, 1.165) is 5.92 Å². The molecule has 0 spiro atoms. The topological polar surface area (TPSA) is 3.24 Å². The highest BCUT2D eigenvalue weighted by Crippen LogP contribution is 2.38. The van der Waals surface area contributed by atoms with Gasteiger partial charge in [0.25, 0.3) is 0 Å². The van der Waals surface area contributed by atoms with Crippen LogP contribution in [0.2, 0.25) is 0 Å². The van der Waals surface area contributed by atoms with Crippen molar-refractivity contribution >= 4 is 5.69 Å². The summed E-state index contributed by atoms with van der Waals surface area (Å²) < 4.78 is 0. The van der Waals surface area contributed by atoms with Crippen molar-refractivity contribution in [3.05, 3.63) is 29.3 Å². The first-order valence-corrected chi connectivity index (χ1v) is 8.19. The van der Waals surface area contributed by atoms with Gasteiger partial charge < -0.3 is 4.90 Å². The molecule has 1 heteroatoms. The molecule has 19 heavy (non-hydrogen) atoms. The Balaban J connectivity index is 1.88. The average Bonchev–Trinajstić information content (AvgIpc) is 2.39. The standard InChI is InChI=1S/C18H27N/c1-19-14-8-12-17-16(11-7-13-18(17)19)15-9-5-3-2-4-6-10-15/h7,11,13,15H,2-6,8-10,12,14H2,1H3. The van der Waals surface area contributed by atoms with Crippen LogP contribution in [0.1, 0.15) is 68.4 Å². The summed E-state index contributed by atoms with van der Waals surface area (Å²) in [5.41, 5.74) is 4.86. The maximum atomic E-state index is 2.45. The van der Waals surface area contributed by atoms with Crippen LogP contribution in [0, 0.1) is 0 Å². The molecule has 0 radical (unpaired) electrons. The van der Waals surface area contributed by atoms with Gasteiger partial charge in [0, 0.05) is 19.3 Å². The fourth-order valence-electron chi connectivity index (χ4n) is 3.99. The maximum Gasteiger partial charge on any atom is 0.0399 e. The van der Waals surface area contributed by atoms with Gasteiger partial charge in [0.15, 0.2) is 0 Å². The van der Waals surface area contributed by atoms with Crippen molar-refractivity contribution in [1.29, 1.82) is 0 Å². The van der Waals surface area contributed by atoms with Crippen LogP contribution in [0.3, 0.4) is 0 Å². The summed E-state index contributed by atoms with van der Waals surface area (Å²) in [5.74, 6) is 0.835. The second-order valence-corrected chi connectivity index (χ2v) is 6.41. The van der Waals surface area contributed by atoms with Crippen LogP contribution < -0.4 is 4.90 Å². The molecule has 1 aliphatic heterocycles. The Morgan fingerprint density at radius 1 is 0.947 bits per heavy atom.